The Morgan fingerprint density at radius 1 is 1.11 bits per heavy atom. The lowest BCUT2D eigenvalue weighted by Crippen LogP contribution is -2.39. The van der Waals surface area contributed by atoms with Crippen molar-refractivity contribution in [2.24, 2.45) is 13.0 Å². The van der Waals surface area contributed by atoms with Crippen LogP contribution in [0.25, 0.3) is 16.8 Å². The molecule has 37 heavy (non-hydrogen) atoms. The number of rotatable bonds is 7. The number of anilines is 1. The number of amides is 2. The third-order valence-corrected chi connectivity index (χ3v) is 7.46. The van der Waals surface area contributed by atoms with Crippen LogP contribution >= 0.6 is 0 Å². The van der Waals surface area contributed by atoms with Gasteiger partial charge in [-0.05, 0) is 55.9 Å². The first-order valence-corrected chi connectivity index (χ1v) is 12.6. The number of nitrogens with one attached hydrogen (secondary N) is 2. The van der Waals surface area contributed by atoms with E-state index in [9.17, 15) is 9.59 Å². The first-order chi connectivity index (χ1) is 17.9. The molecule has 2 aliphatic rings. The molecule has 11 nitrogen and oxygen atoms in total. The number of likely N-dealkylation sites (tertiary alicyclic amines) is 1. The first-order valence-electron chi connectivity index (χ1n) is 12.6. The molecule has 2 amide bonds. The standard InChI is InChI=1S/C26H29N9O2/c1-16-22(10-19(12-28-16)25(36)27-6-8-34-14-17-3-4-21(34)9-17)30-26(37)24-32-31-23-11-18(5-7-35(23)24)20-13-29-33(2)15-20/h5,7,10-13,15,17,21H,3-4,6,8-9,14H2,1-2H3,(H,27,36)(H,30,37). The lowest BCUT2D eigenvalue weighted by Gasteiger charge is -2.26. The van der Waals surface area contributed by atoms with Crippen molar-refractivity contribution in [1.82, 2.24) is 39.6 Å². The van der Waals surface area contributed by atoms with Crippen molar-refractivity contribution in [3.63, 3.8) is 0 Å². The molecule has 1 saturated carbocycles. The molecule has 4 aromatic rings. The smallest absolute Gasteiger partial charge is 0.294 e. The zero-order chi connectivity index (χ0) is 25.5. The maximum Gasteiger partial charge on any atom is 0.294 e. The van der Waals surface area contributed by atoms with Crippen LogP contribution in [0.5, 0.6) is 0 Å². The SMILES string of the molecule is Cc1ncc(C(=O)NCCN2CC3CCC2C3)cc1NC(=O)c1nnc2cc(-c3cnn(C)c3)ccn12. The molecular formula is C26H29N9O2. The van der Waals surface area contributed by atoms with Gasteiger partial charge in [0.2, 0.25) is 5.82 Å². The number of pyridine rings is 2. The van der Waals surface area contributed by atoms with Crippen LogP contribution in [0.4, 0.5) is 5.69 Å². The summed E-state index contributed by atoms with van der Waals surface area (Å²) in [5.74, 6) is 0.331. The minimum Gasteiger partial charge on any atom is -0.351 e. The zero-order valence-corrected chi connectivity index (χ0v) is 20.9. The number of hydrogen-bond acceptors (Lipinski definition) is 7. The Morgan fingerprint density at radius 2 is 2.00 bits per heavy atom. The van der Waals surface area contributed by atoms with Crippen LogP contribution in [0.2, 0.25) is 0 Å². The van der Waals surface area contributed by atoms with E-state index in [0.29, 0.717) is 35.2 Å². The van der Waals surface area contributed by atoms with E-state index < -0.39 is 5.91 Å². The van der Waals surface area contributed by atoms with Crippen molar-refractivity contribution in [2.45, 2.75) is 32.2 Å². The van der Waals surface area contributed by atoms with E-state index in [1.54, 1.807) is 34.5 Å². The van der Waals surface area contributed by atoms with Crippen LogP contribution in [0.15, 0.2) is 43.0 Å². The van der Waals surface area contributed by atoms with E-state index in [2.05, 4.69) is 35.8 Å². The molecule has 6 rings (SSSR count). The highest BCUT2D eigenvalue weighted by atomic mass is 16.2. The van der Waals surface area contributed by atoms with Gasteiger partial charge in [0.05, 0.1) is 23.1 Å². The second-order valence-corrected chi connectivity index (χ2v) is 9.96. The minimum absolute atomic E-state index is 0.141. The normalized spacial score (nSPS) is 19.0. The predicted octanol–water partition coefficient (Wildman–Crippen LogP) is 2.30. The molecular weight excluding hydrogens is 470 g/mol. The highest BCUT2D eigenvalue weighted by Gasteiger charge is 2.37. The van der Waals surface area contributed by atoms with Crippen molar-refractivity contribution in [2.75, 3.05) is 25.0 Å². The van der Waals surface area contributed by atoms with Gasteiger partial charge in [0, 0.05) is 56.9 Å². The molecule has 2 atom stereocenters. The van der Waals surface area contributed by atoms with Crippen LogP contribution in [-0.4, -0.2) is 71.8 Å². The van der Waals surface area contributed by atoms with Crippen molar-refractivity contribution in [3.8, 4) is 11.1 Å². The molecule has 1 aliphatic carbocycles. The lowest BCUT2D eigenvalue weighted by molar-refractivity contribution is 0.0943. The lowest BCUT2D eigenvalue weighted by atomic mass is 10.1. The van der Waals surface area contributed by atoms with Gasteiger partial charge in [-0.1, -0.05) is 0 Å². The van der Waals surface area contributed by atoms with Gasteiger partial charge < -0.3 is 10.6 Å². The van der Waals surface area contributed by atoms with Crippen LogP contribution in [0.3, 0.4) is 0 Å². The number of carbonyl (C=O) groups is 2. The van der Waals surface area contributed by atoms with Crippen molar-refractivity contribution in [1.29, 1.82) is 0 Å². The van der Waals surface area contributed by atoms with Crippen LogP contribution in [0, 0.1) is 12.8 Å². The van der Waals surface area contributed by atoms with Gasteiger partial charge in [-0.25, -0.2) is 0 Å². The van der Waals surface area contributed by atoms with Crippen molar-refractivity contribution < 1.29 is 9.59 Å². The molecule has 11 heteroatoms. The maximum absolute atomic E-state index is 13.1. The quantitative estimate of drug-likeness (QED) is 0.400. The molecule has 0 spiro atoms. The van der Waals surface area contributed by atoms with Gasteiger partial charge >= 0.3 is 0 Å². The fourth-order valence-corrected chi connectivity index (χ4v) is 5.47. The van der Waals surface area contributed by atoms with Gasteiger partial charge in [0.15, 0.2) is 5.65 Å². The molecule has 2 unspecified atom stereocenters. The highest BCUT2D eigenvalue weighted by molar-refractivity contribution is 6.03. The summed E-state index contributed by atoms with van der Waals surface area (Å²) in [7, 11) is 1.86. The second-order valence-electron chi connectivity index (χ2n) is 9.96. The zero-order valence-electron chi connectivity index (χ0n) is 20.9. The number of aryl methyl sites for hydroxylation is 2. The van der Waals surface area contributed by atoms with E-state index >= 15 is 0 Å². The van der Waals surface area contributed by atoms with Gasteiger partial charge in [0.25, 0.3) is 11.8 Å². The minimum atomic E-state index is -0.437. The molecule has 5 heterocycles. The summed E-state index contributed by atoms with van der Waals surface area (Å²) in [6.45, 7) is 4.37. The van der Waals surface area contributed by atoms with Gasteiger partial charge in [-0.3, -0.25) is 28.6 Å². The molecule has 2 N–H and O–H groups in total. The van der Waals surface area contributed by atoms with Crippen LogP contribution in [0.1, 0.15) is 45.9 Å². The van der Waals surface area contributed by atoms with Gasteiger partial charge in [0.1, 0.15) is 0 Å². The van der Waals surface area contributed by atoms with E-state index in [1.807, 2.05) is 25.4 Å². The maximum atomic E-state index is 13.1. The Balaban J connectivity index is 1.12. The second kappa shape index (κ2) is 9.40. The van der Waals surface area contributed by atoms with Crippen molar-refractivity contribution in [3.05, 3.63) is 60.1 Å². The molecule has 1 aliphatic heterocycles. The highest BCUT2D eigenvalue weighted by Crippen LogP contribution is 2.36. The Labute approximate surface area is 213 Å². The molecule has 2 fully saturated rings. The largest absolute Gasteiger partial charge is 0.351 e. The molecule has 4 aromatic heterocycles. The number of fused-ring (bicyclic) bond motifs is 3. The summed E-state index contributed by atoms with van der Waals surface area (Å²) < 4.78 is 3.35. The Kier molecular flexibility index (Phi) is 5.91. The van der Waals surface area contributed by atoms with Crippen molar-refractivity contribution >= 4 is 23.1 Å². The molecule has 190 valence electrons. The number of nitrogens with zero attached hydrogens (tertiary/aromatic N) is 7. The van der Waals surface area contributed by atoms with Crippen LogP contribution in [-0.2, 0) is 7.05 Å². The molecule has 1 saturated heterocycles. The summed E-state index contributed by atoms with van der Waals surface area (Å²) in [5.41, 5.74) is 3.88. The Hall–Kier alpha value is -4.12. The van der Waals surface area contributed by atoms with E-state index in [-0.39, 0.29) is 11.7 Å². The summed E-state index contributed by atoms with van der Waals surface area (Å²) in [6.07, 6.45) is 10.9. The molecule has 0 aromatic carbocycles. The monoisotopic (exact) mass is 499 g/mol. The topological polar surface area (TPSA) is 122 Å². The number of hydrogen-bond donors (Lipinski definition) is 2. The fourth-order valence-electron chi connectivity index (χ4n) is 5.47. The first kappa shape index (κ1) is 23.3. The Bertz CT molecular complexity index is 1490. The fraction of sp³-hybridized carbons (Fsp3) is 0.385. The third-order valence-electron chi connectivity index (χ3n) is 7.46. The summed E-state index contributed by atoms with van der Waals surface area (Å²) in [6, 6.07) is 6.07. The number of carbonyl (C=O) groups excluding carboxylic acids is 2. The van der Waals surface area contributed by atoms with E-state index in [4.69, 9.17) is 0 Å². The summed E-state index contributed by atoms with van der Waals surface area (Å²) in [4.78, 5) is 32.7. The van der Waals surface area contributed by atoms with Gasteiger partial charge in [-0.2, -0.15) is 5.10 Å². The summed E-state index contributed by atoms with van der Waals surface area (Å²) >= 11 is 0. The predicted molar refractivity (Wildman–Crippen MR) is 137 cm³/mol. The van der Waals surface area contributed by atoms with E-state index in [1.165, 1.54) is 25.5 Å². The average Bonchev–Trinajstić information content (AvgIpc) is 3.69. The van der Waals surface area contributed by atoms with E-state index in [0.717, 1.165) is 30.1 Å². The number of aromatic nitrogens is 6. The third kappa shape index (κ3) is 4.57. The summed E-state index contributed by atoms with van der Waals surface area (Å²) in [5, 5.41) is 18.3. The average molecular weight is 500 g/mol. The molecule has 0 radical (unpaired) electrons. The Morgan fingerprint density at radius 3 is 2.76 bits per heavy atom. The van der Waals surface area contributed by atoms with Crippen LogP contribution < -0.4 is 10.6 Å². The molecule has 2 bridgehead atoms. The van der Waals surface area contributed by atoms with Gasteiger partial charge in [-0.15, -0.1) is 10.2 Å². The number of piperidine rings is 1.